The molecule has 1 aromatic heterocycles. The van der Waals surface area contributed by atoms with Crippen molar-refractivity contribution in [3.63, 3.8) is 0 Å². The van der Waals surface area contributed by atoms with Gasteiger partial charge in [-0.15, -0.1) is 0 Å². The number of aromatic nitrogens is 1. The first-order chi connectivity index (χ1) is 14.3. The van der Waals surface area contributed by atoms with Crippen molar-refractivity contribution in [2.24, 2.45) is 5.92 Å². The van der Waals surface area contributed by atoms with Crippen LogP contribution in [0, 0.1) is 17.2 Å². The lowest BCUT2D eigenvalue weighted by atomic mass is 9.97. The number of rotatable bonds is 4. The number of benzene rings is 1. The number of carbonyl (C=O) groups excluding carboxylic acids is 2. The lowest BCUT2D eigenvalue weighted by Gasteiger charge is -2.31. The summed E-state index contributed by atoms with van der Waals surface area (Å²) in [6, 6.07) is 7.86. The van der Waals surface area contributed by atoms with Crippen LogP contribution >= 0.6 is 0 Å². The van der Waals surface area contributed by atoms with Crippen LogP contribution in [0.4, 0.5) is 13.2 Å². The molecule has 30 heavy (non-hydrogen) atoms. The predicted molar refractivity (Wildman–Crippen MR) is 101 cm³/mol. The molecule has 2 aromatic rings. The van der Waals surface area contributed by atoms with Crippen molar-refractivity contribution in [3.8, 4) is 11.8 Å². The van der Waals surface area contributed by atoms with Crippen molar-refractivity contribution in [2.75, 3.05) is 19.7 Å². The Morgan fingerprint density at radius 1 is 1.30 bits per heavy atom. The second-order valence-corrected chi connectivity index (χ2v) is 6.95. The number of nitrogens with zero attached hydrogens (tertiary/aromatic N) is 3. The van der Waals surface area contributed by atoms with E-state index < -0.39 is 23.6 Å². The van der Waals surface area contributed by atoms with Crippen molar-refractivity contribution in [2.45, 2.75) is 25.9 Å². The molecule has 158 valence electrons. The van der Waals surface area contributed by atoms with Crippen molar-refractivity contribution in [1.82, 2.24) is 9.47 Å². The molecular formula is C21H20F3N3O3. The van der Waals surface area contributed by atoms with Gasteiger partial charge in [-0.2, -0.15) is 18.4 Å². The number of alkyl halides is 3. The third-order valence-electron chi connectivity index (χ3n) is 4.99. The maximum atomic E-state index is 13.2. The monoisotopic (exact) mass is 419 g/mol. The van der Waals surface area contributed by atoms with Crippen molar-refractivity contribution in [1.29, 1.82) is 5.26 Å². The maximum absolute atomic E-state index is 13.2. The van der Waals surface area contributed by atoms with Gasteiger partial charge in [0, 0.05) is 25.0 Å². The zero-order valence-electron chi connectivity index (χ0n) is 16.3. The van der Waals surface area contributed by atoms with E-state index in [-0.39, 0.29) is 36.1 Å². The van der Waals surface area contributed by atoms with Gasteiger partial charge in [0.05, 0.1) is 23.7 Å². The summed E-state index contributed by atoms with van der Waals surface area (Å²) >= 11 is 0. The molecule has 9 heteroatoms. The number of nitriles is 1. The highest BCUT2D eigenvalue weighted by molar-refractivity contribution is 5.96. The van der Waals surface area contributed by atoms with Crippen LogP contribution in [0.15, 0.2) is 36.5 Å². The Hall–Kier alpha value is -3.28. The third-order valence-corrected chi connectivity index (χ3v) is 4.99. The van der Waals surface area contributed by atoms with E-state index in [1.54, 1.807) is 6.92 Å². The summed E-state index contributed by atoms with van der Waals surface area (Å²) in [6.07, 6.45) is -1.97. The number of hydrogen-bond acceptors (Lipinski definition) is 4. The number of halogens is 3. The molecule has 1 aliphatic heterocycles. The number of amides is 1. The number of likely N-dealkylation sites (tertiary alicyclic amines) is 1. The highest BCUT2D eigenvalue weighted by atomic mass is 19.4. The first-order valence-corrected chi connectivity index (χ1v) is 9.51. The molecule has 0 N–H and O–H groups in total. The third kappa shape index (κ3) is 4.32. The molecule has 0 radical (unpaired) electrons. The molecule has 0 bridgehead atoms. The molecule has 2 heterocycles. The standard InChI is InChI=1S/C21H20F3N3O3/c1-2-30-20(29)15-5-4-9-26(13-15)19(28)18-14(12-25)8-10-27(18)17-7-3-6-16(11-17)21(22,23)24/h3,6-8,10-11,15H,2,4-5,9,13H2,1H3. The number of hydrogen-bond donors (Lipinski definition) is 0. The molecule has 1 amide bonds. The summed E-state index contributed by atoms with van der Waals surface area (Å²) in [6.45, 7) is 2.45. The van der Waals surface area contributed by atoms with E-state index in [0.717, 1.165) is 12.1 Å². The van der Waals surface area contributed by atoms with Crippen LogP contribution in [0.5, 0.6) is 0 Å². The molecule has 0 saturated carbocycles. The number of piperidine rings is 1. The fourth-order valence-corrected chi connectivity index (χ4v) is 3.55. The van der Waals surface area contributed by atoms with E-state index in [1.165, 1.54) is 33.9 Å². The highest BCUT2D eigenvalue weighted by Crippen LogP contribution is 2.31. The van der Waals surface area contributed by atoms with Gasteiger partial charge >= 0.3 is 12.1 Å². The van der Waals surface area contributed by atoms with Crippen LogP contribution < -0.4 is 0 Å². The normalized spacial score (nSPS) is 16.8. The highest BCUT2D eigenvalue weighted by Gasteiger charge is 2.33. The molecule has 0 spiro atoms. The quantitative estimate of drug-likeness (QED) is 0.707. The summed E-state index contributed by atoms with van der Waals surface area (Å²) in [5.74, 6) is -1.36. The Morgan fingerprint density at radius 2 is 2.07 bits per heavy atom. The molecule has 1 fully saturated rings. The molecule has 0 aliphatic carbocycles. The van der Waals surface area contributed by atoms with E-state index in [0.29, 0.717) is 19.4 Å². The minimum atomic E-state index is -4.54. The SMILES string of the molecule is CCOC(=O)C1CCCN(C(=O)c2c(C#N)ccn2-c2cccc(C(F)(F)F)c2)C1. The number of carbonyl (C=O) groups is 2. The van der Waals surface area contributed by atoms with Gasteiger partial charge in [-0.1, -0.05) is 6.07 Å². The van der Waals surface area contributed by atoms with Crippen molar-refractivity contribution >= 4 is 11.9 Å². The van der Waals surface area contributed by atoms with Gasteiger partial charge in [0.15, 0.2) is 0 Å². The summed E-state index contributed by atoms with van der Waals surface area (Å²) in [7, 11) is 0. The molecule has 1 unspecified atom stereocenters. The molecular weight excluding hydrogens is 399 g/mol. The van der Waals surface area contributed by atoms with Crippen LogP contribution in [0.2, 0.25) is 0 Å². The summed E-state index contributed by atoms with van der Waals surface area (Å²) in [5.41, 5.74) is -0.711. The first kappa shape index (κ1) is 21.4. The summed E-state index contributed by atoms with van der Waals surface area (Å²) in [5, 5.41) is 9.43. The van der Waals surface area contributed by atoms with Gasteiger partial charge in [-0.25, -0.2) is 0 Å². The summed E-state index contributed by atoms with van der Waals surface area (Å²) < 4.78 is 45.6. The molecule has 1 aromatic carbocycles. The Kier molecular flexibility index (Phi) is 6.15. The zero-order chi connectivity index (χ0) is 21.9. The van der Waals surface area contributed by atoms with E-state index in [9.17, 15) is 28.0 Å². The second-order valence-electron chi connectivity index (χ2n) is 6.95. The average Bonchev–Trinajstić information content (AvgIpc) is 3.17. The van der Waals surface area contributed by atoms with Crippen LogP contribution in [-0.2, 0) is 15.7 Å². The predicted octanol–water partition coefficient (Wildman–Crippen LogP) is 3.78. The Bertz CT molecular complexity index is 991. The number of esters is 1. The van der Waals surface area contributed by atoms with E-state index in [4.69, 9.17) is 4.74 Å². The second kappa shape index (κ2) is 8.61. The molecule has 6 nitrogen and oxygen atoms in total. The van der Waals surface area contributed by atoms with Gasteiger partial charge in [-0.3, -0.25) is 9.59 Å². The minimum absolute atomic E-state index is 0.0265. The minimum Gasteiger partial charge on any atom is -0.466 e. The topological polar surface area (TPSA) is 75.3 Å². The van der Waals surface area contributed by atoms with Crippen molar-refractivity contribution < 1.29 is 27.5 Å². The van der Waals surface area contributed by atoms with Crippen LogP contribution in [0.1, 0.15) is 41.4 Å². The van der Waals surface area contributed by atoms with E-state index in [2.05, 4.69) is 0 Å². The smallest absolute Gasteiger partial charge is 0.416 e. The lowest BCUT2D eigenvalue weighted by molar-refractivity contribution is -0.149. The van der Waals surface area contributed by atoms with Crippen LogP contribution in [0.25, 0.3) is 5.69 Å². The van der Waals surface area contributed by atoms with Crippen LogP contribution in [0.3, 0.4) is 0 Å². The fraction of sp³-hybridized carbons (Fsp3) is 0.381. The van der Waals surface area contributed by atoms with Crippen molar-refractivity contribution in [3.05, 3.63) is 53.3 Å². The van der Waals surface area contributed by atoms with E-state index >= 15 is 0 Å². The molecule has 1 atom stereocenters. The average molecular weight is 419 g/mol. The maximum Gasteiger partial charge on any atom is 0.416 e. The van der Waals surface area contributed by atoms with Gasteiger partial charge in [0.1, 0.15) is 11.8 Å². The van der Waals surface area contributed by atoms with Crippen LogP contribution in [-0.4, -0.2) is 41.0 Å². The fourth-order valence-electron chi connectivity index (χ4n) is 3.55. The summed E-state index contributed by atoms with van der Waals surface area (Å²) in [4.78, 5) is 26.7. The number of ether oxygens (including phenoxy) is 1. The van der Waals surface area contributed by atoms with Gasteiger partial charge < -0.3 is 14.2 Å². The first-order valence-electron chi connectivity index (χ1n) is 9.51. The van der Waals surface area contributed by atoms with Gasteiger partial charge in [-0.05, 0) is 44.0 Å². The molecule has 1 aliphatic rings. The van der Waals surface area contributed by atoms with E-state index in [1.807, 2.05) is 6.07 Å². The Balaban J connectivity index is 1.95. The Morgan fingerprint density at radius 3 is 2.73 bits per heavy atom. The lowest BCUT2D eigenvalue weighted by Crippen LogP contribution is -2.43. The van der Waals surface area contributed by atoms with Gasteiger partial charge in [0.2, 0.25) is 0 Å². The zero-order valence-corrected chi connectivity index (χ0v) is 16.3. The molecule has 1 saturated heterocycles. The largest absolute Gasteiger partial charge is 0.466 e. The van der Waals surface area contributed by atoms with Gasteiger partial charge in [0.25, 0.3) is 5.91 Å². The molecule has 3 rings (SSSR count). The Labute approximate surface area is 171 Å².